The van der Waals surface area contributed by atoms with Crippen molar-refractivity contribution < 1.29 is 28.5 Å². The van der Waals surface area contributed by atoms with Crippen molar-refractivity contribution in [3.63, 3.8) is 0 Å². The average Bonchev–Trinajstić information content (AvgIpc) is 2.72. The molecule has 0 fully saturated rings. The molecule has 28 heavy (non-hydrogen) atoms. The van der Waals surface area contributed by atoms with Crippen LogP contribution in [-0.2, 0) is 14.3 Å². The Hall–Kier alpha value is -2.87. The van der Waals surface area contributed by atoms with Gasteiger partial charge in [-0.3, -0.25) is 9.59 Å². The second-order valence-electron chi connectivity index (χ2n) is 5.92. The highest BCUT2D eigenvalue weighted by molar-refractivity contribution is 8.00. The number of rotatable bonds is 7. The highest BCUT2D eigenvalue weighted by Crippen LogP contribution is 2.34. The number of carbonyl (C=O) groups excluding carboxylic acids is 2. The molecule has 1 heterocycles. The van der Waals surface area contributed by atoms with Crippen molar-refractivity contribution in [2.45, 2.75) is 17.9 Å². The molecule has 0 spiro atoms. The molecule has 2 aromatic rings. The molecule has 1 N–H and O–H groups in total. The number of methoxy groups -OCH3 is 1. The zero-order valence-electron chi connectivity index (χ0n) is 15.6. The van der Waals surface area contributed by atoms with E-state index in [4.69, 9.17) is 18.9 Å². The molecule has 1 atom stereocenters. The van der Waals surface area contributed by atoms with E-state index in [1.165, 1.54) is 25.8 Å². The van der Waals surface area contributed by atoms with Gasteiger partial charge < -0.3 is 24.3 Å². The number of carbonyl (C=O) groups is 2. The quantitative estimate of drug-likeness (QED) is 0.562. The molecule has 0 aliphatic carbocycles. The summed E-state index contributed by atoms with van der Waals surface area (Å²) in [7, 11) is 1.52. The number of thioether (sulfide) groups is 1. The van der Waals surface area contributed by atoms with Crippen molar-refractivity contribution in [1.82, 2.24) is 0 Å². The van der Waals surface area contributed by atoms with Crippen molar-refractivity contribution in [3.05, 3.63) is 42.5 Å². The highest BCUT2D eigenvalue weighted by Gasteiger charge is 2.19. The molecular weight excluding hydrogens is 382 g/mol. The largest absolute Gasteiger partial charge is 0.495 e. The molecule has 3 rings (SSSR count). The van der Waals surface area contributed by atoms with Gasteiger partial charge in [0.1, 0.15) is 19.0 Å². The minimum atomic E-state index is -0.932. The van der Waals surface area contributed by atoms with Crippen LogP contribution in [0.3, 0.4) is 0 Å². The molecule has 2 aromatic carbocycles. The smallest absolute Gasteiger partial charge is 0.317 e. The van der Waals surface area contributed by atoms with Crippen LogP contribution in [-0.4, -0.2) is 44.1 Å². The molecule has 8 heteroatoms. The van der Waals surface area contributed by atoms with Crippen LogP contribution in [0.4, 0.5) is 5.69 Å². The first-order valence-electron chi connectivity index (χ1n) is 8.72. The van der Waals surface area contributed by atoms with Gasteiger partial charge in [0.2, 0.25) is 0 Å². The lowest BCUT2D eigenvalue weighted by Gasteiger charge is -2.18. The maximum atomic E-state index is 12.3. The summed E-state index contributed by atoms with van der Waals surface area (Å²) in [5.74, 6) is 1.05. The van der Waals surface area contributed by atoms with E-state index in [9.17, 15) is 9.59 Å². The number of para-hydroxylation sites is 2. The Kier molecular flexibility index (Phi) is 6.65. The molecule has 0 aromatic heterocycles. The summed E-state index contributed by atoms with van der Waals surface area (Å²) in [4.78, 5) is 25.2. The van der Waals surface area contributed by atoms with Crippen LogP contribution in [0.2, 0.25) is 0 Å². The molecule has 0 saturated heterocycles. The van der Waals surface area contributed by atoms with Crippen LogP contribution in [0.1, 0.15) is 6.92 Å². The van der Waals surface area contributed by atoms with E-state index in [-0.39, 0.29) is 5.75 Å². The summed E-state index contributed by atoms with van der Waals surface area (Å²) in [5, 5.41) is 2.70. The van der Waals surface area contributed by atoms with E-state index < -0.39 is 18.0 Å². The first-order valence-corrected chi connectivity index (χ1v) is 9.71. The molecule has 1 aliphatic rings. The van der Waals surface area contributed by atoms with Crippen molar-refractivity contribution in [2.75, 3.05) is 31.4 Å². The summed E-state index contributed by atoms with van der Waals surface area (Å²) in [5.41, 5.74) is 0.517. The summed E-state index contributed by atoms with van der Waals surface area (Å²) >= 11 is 1.30. The van der Waals surface area contributed by atoms with Crippen molar-refractivity contribution in [1.29, 1.82) is 0 Å². The zero-order valence-corrected chi connectivity index (χ0v) is 16.4. The number of amides is 1. The van der Waals surface area contributed by atoms with Crippen LogP contribution in [0.15, 0.2) is 47.4 Å². The first kappa shape index (κ1) is 19.9. The molecular formula is C20H21NO6S. The van der Waals surface area contributed by atoms with Crippen LogP contribution in [0.25, 0.3) is 0 Å². The number of esters is 1. The lowest BCUT2D eigenvalue weighted by molar-refractivity contribution is -0.150. The third kappa shape index (κ3) is 5.10. The van der Waals surface area contributed by atoms with E-state index in [0.29, 0.717) is 36.1 Å². The van der Waals surface area contributed by atoms with Crippen LogP contribution in [0.5, 0.6) is 17.2 Å². The maximum Gasteiger partial charge on any atom is 0.317 e. The monoisotopic (exact) mass is 403 g/mol. The second kappa shape index (κ2) is 9.36. The first-order chi connectivity index (χ1) is 13.6. The summed E-state index contributed by atoms with van der Waals surface area (Å²) in [6.07, 6.45) is -0.932. The predicted octanol–water partition coefficient (Wildman–Crippen LogP) is 3.13. The Balaban J connectivity index is 1.49. The van der Waals surface area contributed by atoms with Crippen molar-refractivity contribution >= 4 is 29.3 Å². The van der Waals surface area contributed by atoms with E-state index >= 15 is 0 Å². The van der Waals surface area contributed by atoms with Crippen molar-refractivity contribution in [2.24, 2.45) is 0 Å². The van der Waals surface area contributed by atoms with Gasteiger partial charge in [-0.1, -0.05) is 12.1 Å². The predicted molar refractivity (Wildman–Crippen MR) is 105 cm³/mol. The third-order valence-corrected chi connectivity index (χ3v) is 4.88. The summed E-state index contributed by atoms with van der Waals surface area (Å²) < 4.78 is 21.4. The number of anilines is 1. The standard InChI is InChI=1S/C20H21NO6S/c1-13(20(23)21-15-5-3-4-6-16(15)24-2)27-19(22)12-28-14-7-8-17-18(11-14)26-10-9-25-17/h3-8,11,13H,9-10,12H2,1-2H3,(H,21,23)/t13-/m0/s1. The fourth-order valence-electron chi connectivity index (χ4n) is 2.52. The van der Waals surface area contributed by atoms with Gasteiger partial charge in [0.05, 0.1) is 18.6 Å². The Bertz CT molecular complexity index is 856. The number of fused-ring (bicyclic) bond motifs is 1. The molecule has 1 aliphatic heterocycles. The highest BCUT2D eigenvalue weighted by atomic mass is 32.2. The Morgan fingerprint density at radius 1 is 1.14 bits per heavy atom. The van der Waals surface area contributed by atoms with Gasteiger partial charge in [-0.15, -0.1) is 11.8 Å². The van der Waals surface area contributed by atoms with E-state index in [2.05, 4.69) is 5.32 Å². The fraction of sp³-hybridized carbons (Fsp3) is 0.300. The Labute approximate surface area is 167 Å². The second-order valence-corrected chi connectivity index (χ2v) is 6.96. The molecule has 1 amide bonds. The lowest BCUT2D eigenvalue weighted by atomic mass is 10.2. The lowest BCUT2D eigenvalue weighted by Crippen LogP contribution is -2.30. The van der Waals surface area contributed by atoms with E-state index in [0.717, 1.165) is 4.90 Å². The zero-order chi connectivity index (χ0) is 19.9. The number of nitrogens with one attached hydrogen (secondary N) is 1. The van der Waals surface area contributed by atoms with Crippen molar-refractivity contribution in [3.8, 4) is 17.2 Å². The number of benzene rings is 2. The Morgan fingerprint density at radius 3 is 2.68 bits per heavy atom. The van der Waals surface area contributed by atoms with Gasteiger partial charge in [0.25, 0.3) is 5.91 Å². The molecule has 148 valence electrons. The molecule has 0 radical (unpaired) electrons. The van der Waals surface area contributed by atoms with Gasteiger partial charge >= 0.3 is 5.97 Å². The molecule has 7 nitrogen and oxygen atoms in total. The SMILES string of the molecule is COc1ccccc1NC(=O)[C@H](C)OC(=O)CSc1ccc2c(c1)OCCO2. The van der Waals surface area contributed by atoms with Crippen LogP contribution < -0.4 is 19.5 Å². The van der Waals surface area contributed by atoms with Gasteiger partial charge in [-0.25, -0.2) is 0 Å². The normalized spacial score (nSPS) is 13.4. The van der Waals surface area contributed by atoms with E-state index in [1.807, 2.05) is 18.2 Å². The number of hydrogen-bond donors (Lipinski definition) is 1. The number of hydrogen-bond acceptors (Lipinski definition) is 7. The summed E-state index contributed by atoms with van der Waals surface area (Å²) in [6.45, 7) is 2.56. The molecule has 0 bridgehead atoms. The Morgan fingerprint density at radius 2 is 1.89 bits per heavy atom. The topological polar surface area (TPSA) is 83.1 Å². The van der Waals surface area contributed by atoms with Crippen LogP contribution >= 0.6 is 11.8 Å². The minimum Gasteiger partial charge on any atom is -0.495 e. The summed E-state index contributed by atoms with van der Waals surface area (Å²) in [6, 6.07) is 12.5. The molecule has 0 unspecified atom stereocenters. The minimum absolute atomic E-state index is 0.0753. The van der Waals surface area contributed by atoms with Gasteiger partial charge in [0, 0.05) is 4.90 Å². The maximum absolute atomic E-state index is 12.3. The van der Waals surface area contributed by atoms with Gasteiger partial charge in [-0.2, -0.15) is 0 Å². The average molecular weight is 403 g/mol. The number of ether oxygens (including phenoxy) is 4. The van der Waals surface area contributed by atoms with Gasteiger partial charge in [-0.05, 0) is 37.3 Å². The van der Waals surface area contributed by atoms with Gasteiger partial charge in [0.15, 0.2) is 17.6 Å². The fourth-order valence-corrected chi connectivity index (χ4v) is 3.23. The van der Waals surface area contributed by atoms with E-state index in [1.54, 1.807) is 24.3 Å². The third-order valence-electron chi connectivity index (χ3n) is 3.91. The van der Waals surface area contributed by atoms with Crippen LogP contribution in [0, 0.1) is 0 Å². The molecule has 0 saturated carbocycles.